The van der Waals surface area contributed by atoms with E-state index >= 15 is 0 Å². The van der Waals surface area contributed by atoms with Crippen molar-refractivity contribution in [1.82, 2.24) is 0 Å². The first-order valence-electron chi connectivity index (χ1n) is 8.35. The first-order valence-corrected chi connectivity index (χ1v) is 8.35. The normalized spacial score (nSPS) is 16.7. The largest absolute Gasteiger partial charge is 0.371 e. The van der Waals surface area contributed by atoms with Gasteiger partial charge in [0.1, 0.15) is 0 Å². The molecular weight excluding hydrogens is 318 g/mol. The Hall–Kier alpha value is -2.89. The second kappa shape index (κ2) is 6.93. The standard InChI is InChI=1S/C19H21N3O3/c1-13-9-10-21(12-13)17-6-4-16(5-7-17)20-19(23)15-3-8-18(22(24)25)14(2)11-15/h3-8,11,13H,9-10,12H2,1-2H3,(H,20,23). The molecule has 3 rings (SSSR count). The van der Waals surface area contributed by atoms with Crippen LogP contribution in [0.15, 0.2) is 42.5 Å². The summed E-state index contributed by atoms with van der Waals surface area (Å²) >= 11 is 0. The maximum atomic E-state index is 12.3. The molecule has 0 radical (unpaired) electrons. The van der Waals surface area contributed by atoms with Crippen molar-refractivity contribution in [2.45, 2.75) is 20.3 Å². The highest BCUT2D eigenvalue weighted by Crippen LogP contribution is 2.25. The third-order valence-corrected chi connectivity index (χ3v) is 4.57. The Kier molecular flexibility index (Phi) is 4.70. The number of benzene rings is 2. The van der Waals surface area contributed by atoms with E-state index < -0.39 is 4.92 Å². The van der Waals surface area contributed by atoms with Gasteiger partial charge in [0.2, 0.25) is 0 Å². The third kappa shape index (κ3) is 3.79. The Labute approximate surface area is 146 Å². The number of aryl methyl sites for hydroxylation is 1. The molecule has 1 unspecified atom stereocenters. The third-order valence-electron chi connectivity index (χ3n) is 4.57. The topological polar surface area (TPSA) is 75.5 Å². The Morgan fingerprint density at radius 2 is 1.96 bits per heavy atom. The van der Waals surface area contributed by atoms with Gasteiger partial charge in [-0.25, -0.2) is 0 Å². The molecule has 1 fully saturated rings. The molecule has 2 aromatic carbocycles. The van der Waals surface area contributed by atoms with Crippen molar-refractivity contribution < 1.29 is 9.72 Å². The van der Waals surface area contributed by atoms with Crippen LogP contribution in [-0.4, -0.2) is 23.9 Å². The number of hydrogen-bond acceptors (Lipinski definition) is 4. The molecule has 0 bridgehead atoms. The van der Waals surface area contributed by atoms with E-state index in [0.717, 1.165) is 18.8 Å². The molecule has 1 atom stereocenters. The minimum absolute atomic E-state index is 0.0146. The lowest BCUT2D eigenvalue weighted by molar-refractivity contribution is -0.385. The summed E-state index contributed by atoms with van der Waals surface area (Å²) < 4.78 is 0. The first-order chi connectivity index (χ1) is 11.9. The molecule has 0 aromatic heterocycles. The summed E-state index contributed by atoms with van der Waals surface area (Å²) in [6, 6.07) is 12.2. The van der Waals surface area contributed by atoms with E-state index in [9.17, 15) is 14.9 Å². The summed E-state index contributed by atoms with van der Waals surface area (Å²) in [6.07, 6.45) is 1.21. The van der Waals surface area contributed by atoms with Crippen molar-refractivity contribution in [2.75, 3.05) is 23.3 Å². The predicted octanol–water partition coefficient (Wildman–Crippen LogP) is 4.00. The van der Waals surface area contributed by atoms with Crippen LogP contribution in [0.5, 0.6) is 0 Å². The van der Waals surface area contributed by atoms with Gasteiger partial charge >= 0.3 is 0 Å². The number of anilines is 2. The fraction of sp³-hybridized carbons (Fsp3) is 0.316. The van der Waals surface area contributed by atoms with Gasteiger partial charge < -0.3 is 10.2 Å². The molecule has 0 saturated carbocycles. The highest BCUT2D eigenvalue weighted by atomic mass is 16.6. The van der Waals surface area contributed by atoms with E-state index in [1.54, 1.807) is 6.92 Å². The number of nitrogens with one attached hydrogen (secondary N) is 1. The van der Waals surface area contributed by atoms with Gasteiger partial charge in [0.05, 0.1) is 4.92 Å². The summed E-state index contributed by atoms with van der Waals surface area (Å²) in [6.45, 7) is 6.00. The van der Waals surface area contributed by atoms with Crippen LogP contribution < -0.4 is 10.2 Å². The molecule has 2 aromatic rings. The average molecular weight is 339 g/mol. The predicted molar refractivity (Wildman–Crippen MR) is 98.2 cm³/mol. The minimum atomic E-state index is -0.449. The molecule has 0 spiro atoms. The van der Waals surface area contributed by atoms with Gasteiger partial charge in [-0.3, -0.25) is 14.9 Å². The molecule has 1 N–H and O–H groups in total. The molecule has 25 heavy (non-hydrogen) atoms. The van der Waals surface area contributed by atoms with Gasteiger partial charge in [0, 0.05) is 41.7 Å². The molecule has 1 heterocycles. The smallest absolute Gasteiger partial charge is 0.272 e. The lowest BCUT2D eigenvalue weighted by atomic mass is 10.1. The van der Waals surface area contributed by atoms with Gasteiger partial charge in [-0.2, -0.15) is 0 Å². The summed E-state index contributed by atoms with van der Waals surface area (Å²) in [5.74, 6) is 0.435. The van der Waals surface area contributed by atoms with Gasteiger partial charge in [0.15, 0.2) is 0 Å². The van der Waals surface area contributed by atoms with E-state index in [0.29, 0.717) is 22.7 Å². The van der Waals surface area contributed by atoms with Crippen LogP contribution >= 0.6 is 0 Å². The van der Waals surface area contributed by atoms with Crippen molar-refractivity contribution in [1.29, 1.82) is 0 Å². The van der Waals surface area contributed by atoms with E-state index in [2.05, 4.69) is 17.1 Å². The number of nitro benzene ring substituents is 1. The molecule has 6 heteroatoms. The second-order valence-corrected chi connectivity index (χ2v) is 6.60. The molecular formula is C19H21N3O3. The Morgan fingerprint density at radius 3 is 2.52 bits per heavy atom. The van der Waals surface area contributed by atoms with Gasteiger partial charge in [-0.1, -0.05) is 6.92 Å². The zero-order valence-electron chi connectivity index (χ0n) is 14.4. The van der Waals surface area contributed by atoms with Crippen molar-refractivity contribution in [3.8, 4) is 0 Å². The number of nitrogens with zero attached hydrogens (tertiary/aromatic N) is 2. The minimum Gasteiger partial charge on any atom is -0.371 e. The van der Waals surface area contributed by atoms with E-state index in [-0.39, 0.29) is 11.6 Å². The number of amides is 1. The molecule has 1 amide bonds. The van der Waals surface area contributed by atoms with Gasteiger partial charge in [-0.05, 0) is 55.7 Å². The molecule has 1 saturated heterocycles. The monoisotopic (exact) mass is 339 g/mol. The lowest BCUT2D eigenvalue weighted by Gasteiger charge is -2.18. The van der Waals surface area contributed by atoms with Crippen LogP contribution in [0, 0.1) is 23.0 Å². The number of hydrogen-bond donors (Lipinski definition) is 1. The number of nitro groups is 1. The molecule has 1 aliphatic heterocycles. The fourth-order valence-electron chi connectivity index (χ4n) is 3.13. The summed E-state index contributed by atoms with van der Waals surface area (Å²) in [5.41, 5.74) is 2.75. The highest BCUT2D eigenvalue weighted by Gasteiger charge is 2.19. The Bertz CT molecular complexity index is 802. The number of carbonyl (C=O) groups excluding carboxylic acids is 1. The van der Waals surface area contributed by atoms with Crippen molar-refractivity contribution in [3.05, 3.63) is 63.7 Å². The fourth-order valence-corrected chi connectivity index (χ4v) is 3.13. The zero-order chi connectivity index (χ0) is 18.0. The van der Waals surface area contributed by atoms with Crippen LogP contribution in [0.3, 0.4) is 0 Å². The van der Waals surface area contributed by atoms with E-state index in [4.69, 9.17) is 0 Å². The second-order valence-electron chi connectivity index (χ2n) is 6.60. The summed E-state index contributed by atoms with van der Waals surface area (Å²) in [7, 11) is 0. The number of carbonyl (C=O) groups is 1. The Balaban J connectivity index is 1.68. The average Bonchev–Trinajstić information content (AvgIpc) is 3.01. The van der Waals surface area contributed by atoms with Gasteiger partial charge in [-0.15, -0.1) is 0 Å². The van der Waals surface area contributed by atoms with Crippen LogP contribution in [0.25, 0.3) is 0 Å². The summed E-state index contributed by atoms with van der Waals surface area (Å²) in [5, 5.41) is 13.7. The maximum absolute atomic E-state index is 12.3. The molecule has 0 aliphatic carbocycles. The molecule has 130 valence electrons. The highest BCUT2D eigenvalue weighted by molar-refractivity contribution is 6.04. The van der Waals surface area contributed by atoms with Crippen LogP contribution in [0.4, 0.5) is 17.1 Å². The van der Waals surface area contributed by atoms with Crippen molar-refractivity contribution in [3.63, 3.8) is 0 Å². The Morgan fingerprint density at radius 1 is 1.24 bits per heavy atom. The maximum Gasteiger partial charge on any atom is 0.272 e. The van der Waals surface area contributed by atoms with Crippen LogP contribution in [-0.2, 0) is 0 Å². The first kappa shape index (κ1) is 17.0. The van der Waals surface area contributed by atoms with E-state index in [1.807, 2.05) is 24.3 Å². The number of rotatable bonds is 4. The zero-order valence-corrected chi connectivity index (χ0v) is 14.4. The van der Waals surface area contributed by atoms with E-state index in [1.165, 1.54) is 24.6 Å². The summed E-state index contributed by atoms with van der Waals surface area (Å²) in [4.78, 5) is 25.1. The van der Waals surface area contributed by atoms with Crippen LogP contribution in [0.1, 0.15) is 29.3 Å². The quantitative estimate of drug-likeness (QED) is 0.675. The SMILES string of the molecule is Cc1cc(C(=O)Nc2ccc(N3CCC(C)C3)cc2)ccc1[N+](=O)[O-]. The molecule has 1 aliphatic rings. The molecule has 6 nitrogen and oxygen atoms in total. The lowest BCUT2D eigenvalue weighted by Crippen LogP contribution is -2.19. The van der Waals surface area contributed by atoms with Crippen LogP contribution in [0.2, 0.25) is 0 Å². The van der Waals surface area contributed by atoms with Gasteiger partial charge in [0.25, 0.3) is 11.6 Å². The van der Waals surface area contributed by atoms with Crippen molar-refractivity contribution >= 4 is 23.0 Å². The van der Waals surface area contributed by atoms with Crippen molar-refractivity contribution in [2.24, 2.45) is 5.92 Å².